The van der Waals surface area contributed by atoms with Crippen molar-refractivity contribution in [3.63, 3.8) is 0 Å². The van der Waals surface area contributed by atoms with Gasteiger partial charge < -0.3 is 15.8 Å². The van der Waals surface area contributed by atoms with Crippen LogP contribution < -0.4 is 15.8 Å². The first kappa shape index (κ1) is 13.6. The molecule has 1 aliphatic rings. The highest BCUT2D eigenvalue weighted by atomic mass is 19.1. The molecule has 0 bridgehead atoms. The van der Waals surface area contributed by atoms with Gasteiger partial charge in [0.2, 0.25) is 0 Å². The Kier molecular flexibility index (Phi) is 3.58. The Morgan fingerprint density at radius 2 is 2.10 bits per heavy atom. The van der Waals surface area contributed by atoms with Crippen LogP contribution in [0.15, 0.2) is 42.5 Å². The Morgan fingerprint density at radius 3 is 2.90 bits per heavy atom. The van der Waals surface area contributed by atoms with Gasteiger partial charge in [-0.3, -0.25) is 4.79 Å². The summed E-state index contributed by atoms with van der Waals surface area (Å²) in [6.07, 6.45) is 0.389. The number of hydrogen-bond acceptors (Lipinski definition) is 3. The Bertz CT molecular complexity index is 688. The smallest absolute Gasteiger partial charge is 0.262 e. The number of ether oxygens (including phenoxy) is 1. The van der Waals surface area contributed by atoms with Gasteiger partial charge in [0.1, 0.15) is 11.6 Å². The summed E-state index contributed by atoms with van der Waals surface area (Å²) in [7, 11) is 0. The van der Waals surface area contributed by atoms with Crippen LogP contribution in [0.2, 0.25) is 0 Å². The minimum atomic E-state index is -0.356. The van der Waals surface area contributed by atoms with E-state index in [1.54, 1.807) is 30.3 Å². The SMILES string of the molecule is NC(Cc1ccccc1F)c1ccc2c(c1)NC(=O)CO2. The molecule has 0 radical (unpaired) electrons. The van der Waals surface area contributed by atoms with E-state index in [0.717, 1.165) is 5.56 Å². The summed E-state index contributed by atoms with van der Waals surface area (Å²) in [6.45, 7) is 0.0215. The van der Waals surface area contributed by atoms with E-state index in [4.69, 9.17) is 10.5 Å². The number of nitrogens with two attached hydrogens (primary N) is 1. The molecule has 0 saturated carbocycles. The van der Waals surface area contributed by atoms with Crippen LogP contribution in [-0.4, -0.2) is 12.5 Å². The van der Waals surface area contributed by atoms with Crippen molar-refractivity contribution in [2.45, 2.75) is 12.5 Å². The number of nitrogens with one attached hydrogen (secondary N) is 1. The van der Waals surface area contributed by atoms with Gasteiger partial charge in [0.15, 0.2) is 6.61 Å². The number of benzene rings is 2. The number of fused-ring (bicyclic) bond motifs is 1. The summed E-state index contributed by atoms with van der Waals surface area (Å²) < 4.78 is 19.0. The van der Waals surface area contributed by atoms with Crippen molar-refractivity contribution < 1.29 is 13.9 Å². The summed E-state index contributed by atoms with van der Waals surface area (Å²) in [5, 5.41) is 2.74. The second-order valence-electron chi connectivity index (χ2n) is 4.99. The average molecular weight is 286 g/mol. The third kappa shape index (κ3) is 2.87. The van der Waals surface area contributed by atoms with Gasteiger partial charge in [-0.15, -0.1) is 0 Å². The third-order valence-electron chi connectivity index (χ3n) is 3.46. The molecule has 2 aromatic rings. The van der Waals surface area contributed by atoms with Crippen LogP contribution in [0.3, 0.4) is 0 Å². The van der Waals surface area contributed by atoms with E-state index in [0.29, 0.717) is 23.4 Å². The summed E-state index contributed by atoms with van der Waals surface area (Å²) >= 11 is 0. The molecule has 0 aliphatic carbocycles. The number of anilines is 1. The van der Waals surface area contributed by atoms with E-state index < -0.39 is 0 Å². The lowest BCUT2D eigenvalue weighted by Gasteiger charge is -2.20. The number of amides is 1. The second-order valence-corrected chi connectivity index (χ2v) is 4.99. The molecule has 3 rings (SSSR count). The van der Waals surface area contributed by atoms with Gasteiger partial charge in [0, 0.05) is 6.04 Å². The average Bonchev–Trinajstić information content (AvgIpc) is 2.48. The van der Waals surface area contributed by atoms with E-state index in [1.165, 1.54) is 6.07 Å². The molecule has 0 fully saturated rings. The number of halogens is 1. The van der Waals surface area contributed by atoms with Gasteiger partial charge in [-0.2, -0.15) is 0 Å². The molecular formula is C16H15FN2O2. The summed E-state index contributed by atoms with van der Waals surface area (Å²) in [5.74, 6) is 0.168. The van der Waals surface area contributed by atoms with E-state index >= 15 is 0 Å². The highest BCUT2D eigenvalue weighted by Gasteiger charge is 2.18. The molecule has 0 saturated heterocycles. The standard InChI is InChI=1S/C16H15FN2O2/c17-12-4-2-1-3-10(12)7-13(18)11-5-6-15-14(8-11)19-16(20)9-21-15/h1-6,8,13H,7,9,18H2,(H,19,20). The zero-order valence-corrected chi connectivity index (χ0v) is 11.3. The molecule has 0 spiro atoms. The lowest BCUT2D eigenvalue weighted by molar-refractivity contribution is -0.118. The fourth-order valence-electron chi connectivity index (χ4n) is 2.35. The van der Waals surface area contributed by atoms with Crippen molar-refractivity contribution in [2.24, 2.45) is 5.73 Å². The van der Waals surface area contributed by atoms with Crippen molar-refractivity contribution in [3.8, 4) is 5.75 Å². The highest BCUT2D eigenvalue weighted by Crippen LogP contribution is 2.31. The van der Waals surface area contributed by atoms with Crippen molar-refractivity contribution in [1.82, 2.24) is 0 Å². The highest BCUT2D eigenvalue weighted by molar-refractivity contribution is 5.95. The molecule has 3 N–H and O–H groups in total. The number of carbonyl (C=O) groups is 1. The van der Waals surface area contributed by atoms with Crippen molar-refractivity contribution in [3.05, 3.63) is 59.4 Å². The molecule has 1 aliphatic heterocycles. The van der Waals surface area contributed by atoms with E-state index in [9.17, 15) is 9.18 Å². The maximum atomic E-state index is 13.7. The van der Waals surface area contributed by atoms with Crippen LogP contribution in [0.4, 0.5) is 10.1 Å². The third-order valence-corrected chi connectivity index (χ3v) is 3.46. The molecular weight excluding hydrogens is 271 g/mol. The Morgan fingerprint density at radius 1 is 1.29 bits per heavy atom. The summed E-state index contributed by atoms with van der Waals surface area (Å²) in [4.78, 5) is 11.3. The van der Waals surface area contributed by atoms with Gasteiger partial charge in [-0.1, -0.05) is 24.3 Å². The normalized spacial score (nSPS) is 14.9. The first-order chi connectivity index (χ1) is 10.1. The molecule has 2 aromatic carbocycles. The van der Waals surface area contributed by atoms with E-state index in [1.807, 2.05) is 6.07 Å². The second kappa shape index (κ2) is 5.54. The van der Waals surface area contributed by atoms with Crippen LogP contribution in [0.1, 0.15) is 17.2 Å². The van der Waals surface area contributed by atoms with Crippen molar-refractivity contribution in [1.29, 1.82) is 0 Å². The Labute approximate surface area is 121 Å². The van der Waals surface area contributed by atoms with Crippen molar-refractivity contribution >= 4 is 11.6 Å². The predicted molar refractivity (Wildman–Crippen MR) is 77.6 cm³/mol. The fraction of sp³-hybridized carbons (Fsp3) is 0.188. The van der Waals surface area contributed by atoms with Gasteiger partial charge >= 0.3 is 0 Å². The van der Waals surface area contributed by atoms with Gasteiger partial charge in [0.05, 0.1) is 5.69 Å². The Balaban J connectivity index is 1.82. The first-order valence-electron chi connectivity index (χ1n) is 6.69. The first-order valence-corrected chi connectivity index (χ1v) is 6.69. The lowest BCUT2D eigenvalue weighted by atomic mass is 9.98. The van der Waals surface area contributed by atoms with Gasteiger partial charge in [0.25, 0.3) is 5.91 Å². The molecule has 5 heteroatoms. The largest absolute Gasteiger partial charge is 0.482 e. The zero-order valence-electron chi connectivity index (χ0n) is 11.3. The Hall–Kier alpha value is -2.40. The molecule has 1 heterocycles. The minimum absolute atomic E-state index is 0.0215. The van der Waals surface area contributed by atoms with E-state index in [2.05, 4.69) is 5.32 Å². The summed E-state index contributed by atoms with van der Waals surface area (Å²) in [6, 6.07) is 11.6. The zero-order chi connectivity index (χ0) is 14.8. The van der Waals surface area contributed by atoms with Crippen LogP contribution in [0.5, 0.6) is 5.75 Å². The van der Waals surface area contributed by atoms with Crippen LogP contribution in [0, 0.1) is 5.82 Å². The monoisotopic (exact) mass is 286 g/mol. The fourth-order valence-corrected chi connectivity index (χ4v) is 2.35. The maximum absolute atomic E-state index is 13.7. The van der Waals surface area contributed by atoms with Crippen LogP contribution >= 0.6 is 0 Å². The molecule has 1 unspecified atom stereocenters. The number of rotatable bonds is 3. The molecule has 1 amide bonds. The van der Waals surface area contributed by atoms with E-state index in [-0.39, 0.29) is 24.4 Å². The maximum Gasteiger partial charge on any atom is 0.262 e. The van der Waals surface area contributed by atoms with Gasteiger partial charge in [-0.05, 0) is 35.7 Å². The molecule has 1 atom stereocenters. The van der Waals surface area contributed by atoms with Gasteiger partial charge in [-0.25, -0.2) is 4.39 Å². The minimum Gasteiger partial charge on any atom is -0.482 e. The molecule has 0 aromatic heterocycles. The number of hydrogen-bond donors (Lipinski definition) is 2. The quantitative estimate of drug-likeness (QED) is 0.910. The van der Waals surface area contributed by atoms with Crippen molar-refractivity contribution in [2.75, 3.05) is 11.9 Å². The molecule has 108 valence electrons. The number of carbonyl (C=O) groups excluding carboxylic acids is 1. The van der Waals surface area contributed by atoms with Crippen LogP contribution in [-0.2, 0) is 11.2 Å². The molecule has 4 nitrogen and oxygen atoms in total. The predicted octanol–water partition coefficient (Wildman–Crippen LogP) is 2.40. The molecule has 21 heavy (non-hydrogen) atoms. The lowest BCUT2D eigenvalue weighted by Crippen LogP contribution is -2.25. The summed E-state index contributed by atoms with van der Waals surface area (Å²) in [5.41, 5.74) is 8.14. The topological polar surface area (TPSA) is 64.3 Å². The van der Waals surface area contributed by atoms with Crippen LogP contribution in [0.25, 0.3) is 0 Å².